The van der Waals surface area contributed by atoms with Crippen molar-refractivity contribution in [3.63, 3.8) is 0 Å². The van der Waals surface area contributed by atoms with E-state index in [1.807, 2.05) is 6.20 Å². The molecule has 0 radical (unpaired) electrons. The molecule has 90 valence electrons. The van der Waals surface area contributed by atoms with Crippen molar-refractivity contribution in [3.05, 3.63) is 29.1 Å². The maximum atomic E-state index is 5.93. The standard InChI is InChI=1S/C13H20N2.ClH/c1-9-10(2)15-8-7-13(9)11-3-5-12(14)6-4-11;/h7-8,11-12H,3-6,14H2,1-2H3;1H. The lowest BCUT2D eigenvalue weighted by Crippen LogP contribution is -2.26. The molecule has 1 aliphatic rings. The number of aromatic nitrogens is 1. The van der Waals surface area contributed by atoms with Gasteiger partial charge in [0.25, 0.3) is 0 Å². The van der Waals surface area contributed by atoms with E-state index in [-0.39, 0.29) is 12.4 Å². The first-order valence-corrected chi connectivity index (χ1v) is 5.86. The fourth-order valence-corrected chi connectivity index (χ4v) is 2.53. The van der Waals surface area contributed by atoms with Crippen LogP contribution in [0.5, 0.6) is 0 Å². The molecule has 0 aliphatic heterocycles. The van der Waals surface area contributed by atoms with Crippen molar-refractivity contribution in [1.82, 2.24) is 4.98 Å². The van der Waals surface area contributed by atoms with Crippen LogP contribution >= 0.6 is 12.4 Å². The molecule has 0 bridgehead atoms. The van der Waals surface area contributed by atoms with Gasteiger partial charge in [-0.15, -0.1) is 12.4 Å². The molecule has 2 rings (SSSR count). The number of nitrogens with two attached hydrogens (primary N) is 1. The predicted molar refractivity (Wildman–Crippen MR) is 70.1 cm³/mol. The lowest BCUT2D eigenvalue weighted by Gasteiger charge is -2.27. The van der Waals surface area contributed by atoms with Crippen LogP contribution in [0.2, 0.25) is 0 Å². The molecule has 1 aromatic rings. The van der Waals surface area contributed by atoms with Gasteiger partial charge in [-0.2, -0.15) is 0 Å². The van der Waals surface area contributed by atoms with E-state index >= 15 is 0 Å². The number of hydrogen-bond acceptors (Lipinski definition) is 2. The fraction of sp³-hybridized carbons (Fsp3) is 0.615. The molecular formula is C13H21ClN2. The lowest BCUT2D eigenvalue weighted by atomic mass is 9.80. The van der Waals surface area contributed by atoms with Gasteiger partial charge in [-0.05, 0) is 62.6 Å². The molecule has 0 amide bonds. The van der Waals surface area contributed by atoms with Crippen molar-refractivity contribution >= 4 is 12.4 Å². The van der Waals surface area contributed by atoms with Crippen molar-refractivity contribution in [2.24, 2.45) is 5.73 Å². The first kappa shape index (κ1) is 13.5. The second-order valence-corrected chi connectivity index (χ2v) is 4.72. The van der Waals surface area contributed by atoms with Crippen molar-refractivity contribution in [2.75, 3.05) is 0 Å². The molecule has 1 aromatic heterocycles. The van der Waals surface area contributed by atoms with E-state index in [0.29, 0.717) is 12.0 Å². The van der Waals surface area contributed by atoms with Gasteiger partial charge in [0.05, 0.1) is 0 Å². The summed E-state index contributed by atoms with van der Waals surface area (Å²) in [6.45, 7) is 4.28. The van der Waals surface area contributed by atoms with Gasteiger partial charge in [-0.25, -0.2) is 0 Å². The van der Waals surface area contributed by atoms with Crippen LogP contribution in [0.25, 0.3) is 0 Å². The highest BCUT2D eigenvalue weighted by Crippen LogP contribution is 2.34. The molecule has 1 saturated carbocycles. The summed E-state index contributed by atoms with van der Waals surface area (Å²) in [6.07, 6.45) is 6.76. The molecule has 0 aromatic carbocycles. The molecule has 0 atom stereocenters. The summed E-state index contributed by atoms with van der Waals surface area (Å²) >= 11 is 0. The molecule has 1 aliphatic carbocycles. The Balaban J connectivity index is 0.00000128. The minimum atomic E-state index is 0. The summed E-state index contributed by atoms with van der Waals surface area (Å²) in [6, 6.07) is 2.62. The van der Waals surface area contributed by atoms with E-state index in [9.17, 15) is 0 Å². The Morgan fingerprint density at radius 1 is 1.19 bits per heavy atom. The first-order valence-electron chi connectivity index (χ1n) is 5.86. The number of pyridine rings is 1. The Bertz CT molecular complexity index is 344. The summed E-state index contributed by atoms with van der Waals surface area (Å²) < 4.78 is 0. The van der Waals surface area contributed by atoms with Crippen LogP contribution in [0.1, 0.15) is 48.4 Å². The Hall–Kier alpha value is -0.600. The molecule has 1 fully saturated rings. The minimum absolute atomic E-state index is 0. The smallest absolute Gasteiger partial charge is 0.0404 e. The molecule has 3 heteroatoms. The number of aryl methyl sites for hydroxylation is 1. The quantitative estimate of drug-likeness (QED) is 0.819. The normalized spacial score (nSPS) is 24.9. The van der Waals surface area contributed by atoms with Crippen LogP contribution in [0.4, 0.5) is 0 Å². The molecule has 2 N–H and O–H groups in total. The van der Waals surface area contributed by atoms with Gasteiger partial charge in [0.1, 0.15) is 0 Å². The topological polar surface area (TPSA) is 38.9 Å². The zero-order chi connectivity index (χ0) is 10.8. The monoisotopic (exact) mass is 240 g/mol. The first-order chi connectivity index (χ1) is 7.18. The molecule has 0 unspecified atom stereocenters. The van der Waals surface area contributed by atoms with Crippen molar-refractivity contribution in [3.8, 4) is 0 Å². The summed E-state index contributed by atoms with van der Waals surface area (Å²) in [5.41, 5.74) is 9.97. The second-order valence-electron chi connectivity index (χ2n) is 4.72. The van der Waals surface area contributed by atoms with Crippen LogP contribution in [-0.2, 0) is 0 Å². The van der Waals surface area contributed by atoms with Crippen LogP contribution in [0.3, 0.4) is 0 Å². The Kier molecular flexibility index (Phi) is 4.75. The van der Waals surface area contributed by atoms with Gasteiger partial charge >= 0.3 is 0 Å². The van der Waals surface area contributed by atoms with E-state index in [1.165, 1.54) is 42.5 Å². The summed E-state index contributed by atoms with van der Waals surface area (Å²) in [4.78, 5) is 4.32. The van der Waals surface area contributed by atoms with Crippen LogP contribution in [0, 0.1) is 13.8 Å². The third-order valence-electron chi connectivity index (χ3n) is 3.71. The number of nitrogens with zero attached hydrogens (tertiary/aromatic N) is 1. The van der Waals surface area contributed by atoms with E-state index in [2.05, 4.69) is 24.9 Å². The molecule has 0 saturated heterocycles. The number of hydrogen-bond donors (Lipinski definition) is 1. The largest absolute Gasteiger partial charge is 0.328 e. The number of rotatable bonds is 1. The SMILES string of the molecule is Cc1nccc(C2CCC(N)CC2)c1C.Cl. The highest BCUT2D eigenvalue weighted by Gasteiger charge is 2.21. The van der Waals surface area contributed by atoms with Gasteiger partial charge in [0, 0.05) is 17.9 Å². The molecular weight excluding hydrogens is 220 g/mol. The van der Waals surface area contributed by atoms with Crippen molar-refractivity contribution < 1.29 is 0 Å². The van der Waals surface area contributed by atoms with E-state index in [1.54, 1.807) is 0 Å². The minimum Gasteiger partial charge on any atom is -0.328 e. The Labute approximate surface area is 104 Å². The average molecular weight is 241 g/mol. The second kappa shape index (κ2) is 5.65. The molecule has 1 heterocycles. The maximum absolute atomic E-state index is 5.93. The highest BCUT2D eigenvalue weighted by molar-refractivity contribution is 5.85. The Morgan fingerprint density at radius 3 is 2.44 bits per heavy atom. The molecule has 0 spiro atoms. The van der Waals surface area contributed by atoms with Gasteiger partial charge in [0.15, 0.2) is 0 Å². The summed E-state index contributed by atoms with van der Waals surface area (Å²) in [5, 5.41) is 0. The zero-order valence-corrected chi connectivity index (χ0v) is 10.9. The summed E-state index contributed by atoms with van der Waals surface area (Å²) in [7, 11) is 0. The molecule has 2 nitrogen and oxygen atoms in total. The van der Waals surface area contributed by atoms with Crippen LogP contribution in [0.15, 0.2) is 12.3 Å². The van der Waals surface area contributed by atoms with Crippen LogP contribution < -0.4 is 5.73 Å². The van der Waals surface area contributed by atoms with Crippen molar-refractivity contribution in [2.45, 2.75) is 51.5 Å². The predicted octanol–water partition coefficient (Wildman–Crippen LogP) is 3.11. The van der Waals surface area contributed by atoms with Gasteiger partial charge in [-0.1, -0.05) is 0 Å². The van der Waals surface area contributed by atoms with E-state index in [4.69, 9.17) is 5.73 Å². The third-order valence-corrected chi connectivity index (χ3v) is 3.71. The van der Waals surface area contributed by atoms with E-state index < -0.39 is 0 Å². The third kappa shape index (κ3) is 2.74. The summed E-state index contributed by atoms with van der Waals surface area (Å²) in [5.74, 6) is 0.714. The van der Waals surface area contributed by atoms with Crippen molar-refractivity contribution in [1.29, 1.82) is 0 Å². The van der Waals surface area contributed by atoms with Crippen LogP contribution in [-0.4, -0.2) is 11.0 Å². The van der Waals surface area contributed by atoms with Gasteiger partial charge in [0.2, 0.25) is 0 Å². The highest BCUT2D eigenvalue weighted by atomic mass is 35.5. The average Bonchev–Trinajstić information content (AvgIpc) is 2.24. The number of halogens is 1. The van der Waals surface area contributed by atoms with Gasteiger partial charge < -0.3 is 5.73 Å². The fourth-order valence-electron chi connectivity index (χ4n) is 2.53. The zero-order valence-electron chi connectivity index (χ0n) is 10.1. The Morgan fingerprint density at radius 2 is 1.81 bits per heavy atom. The maximum Gasteiger partial charge on any atom is 0.0404 e. The van der Waals surface area contributed by atoms with E-state index in [0.717, 1.165) is 0 Å². The molecule has 16 heavy (non-hydrogen) atoms. The van der Waals surface area contributed by atoms with Gasteiger partial charge in [-0.3, -0.25) is 4.98 Å². The lowest BCUT2D eigenvalue weighted by molar-refractivity contribution is 0.394.